The third-order valence-corrected chi connectivity index (χ3v) is 3.92. The van der Waals surface area contributed by atoms with Crippen LogP contribution < -0.4 is 27.4 Å². The molecule has 0 saturated heterocycles. The highest BCUT2D eigenvalue weighted by Gasteiger charge is 2.29. The van der Waals surface area contributed by atoms with Crippen LogP contribution in [0.5, 0.6) is 0 Å². The summed E-state index contributed by atoms with van der Waals surface area (Å²) in [7, 11) is 0. The molecule has 0 fully saturated rings. The molecule has 14 nitrogen and oxygen atoms in total. The molecule has 14 heteroatoms. The maximum atomic E-state index is 12.3. The van der Waals surface area contributed by atoms with Gasteiger partial charge in [0.15, 0.2) is 0 Å². The van der Waals surface area contributed by atoms with Crippen LogP contribution in [0.4, 0.5) is 0 Å². The molecule has 30 heavy (non-hydrogen) atoms. The van der Waals surface area contributed by atoms with E-state index in [1.54, 1.807) is 0 Å². The Morgan fingerprint density at radius 1 is 1.10 bits per heavy atom. The Labute approximate surface area is 170 Å². The zero-order valence-corrected chi connectivity index (χ0v) is 16.1. The molecule has 166 valence electrons. The zero-order valence-electron chi connectivity index (χ0n) is 16.1. The molecule has 0 aliphatic heterocycles. The first-order valence-corrected chi connectivity index (χ1v) is 8.81. The SMILES string of the molecule is CC(NC(=O)C(N)Cc1cnc[nH]1)C(=O)NC(CC(N)=O)C(=O)NC(CO)C(=O)O. The highest BCUT2D eigenvalue weighted by molar-refractivity contribution is 5.95. The van der Waals surface area contributed by atoms with Crippen molar-refractivity contribution in [3.05, 3.63) is 18.2 Å². The van der Waals surface area contributed by atoms with Crippen molar-refractivity contribution in [2.24, 2.45) is 11.5 Å². The first-order chi connectivity index (χ1) is 14.0. The number of amides is 4. The number of carboxylic acid groups (broad SMARTS) is 1. The summed E-state index contributed by atoms with van der Waals surface area (Å²) in [5.74, 6) is -4.98. The molecule has 0 bridgehead atoms. The van der Waals surface area contributed by atoms with E-state index in [1.807, 2.05) is 5.32 Å². The smallest absolute Gasteiger partial charge is 0.328 e. The van der Waals surface area contributed by atoms with E-state index in [-0.39, 0.29) is 6.42 Å². The number of primary amides is 1. The van der Waals surface area contributed by atoms with Crippen molar-refractivity contribution >= 4 is 29.6 Å². The van der Waals surface area contributed by atoms with Crippen LogP contribution in [-0.2, 0) is 30.4 Å². The molecular weight excluding hydrogens is 402 g/mol. The molecule has 0 radical (unpaired) electrons. The van der Waals surface area contributed by atoms with E-state index in [0.29, 0.717) is 5.69 Å². The monoisotopic (exact) mass is 427 g/mol. The Balaban J connectivity index is 2.70. The number of carboxylic acids is 1. The second-order valence-electron chi connectivity index (χ2n) is 6.43. The average molecular weight is 427 g/mol. The van der Waals surface area contributed by atoms with E-state index in [0.717, 1.165) is 0 Å². The first kappa shape index (κ1) is 24.5. The molecule has 1 rings (SSSR count). The predicted molar refractivity (Wildman–Crippen MR) is 100 cm³/mol. The Kier molecular flexibility index (Phi) is 9.38. The van der Waals surface area contributed by atoms with E-state index in [9.17, 15) is 24.0 Å². The van der Waals surface area contributed by atoms with Crippen LogP contribution in [0.15, 0.2) is 12.5 Å². The van der Waals surface area contributed by atoms with Crippen molar-refractivity contribution in [3.8, 4) is 0 Å². The summed E-state index contributed by atoms with van der Waals surface area (Å²) in [6.07, 6.45) is 2.43. The molecule has 1 aromatic heterocycles. The molecule has 0 aliphatic rings. The van der Waals surface area contributed by atoms with Crippen molar-refractivity contribution in [1.29, 1.82) is 0 Å². The van der Waals surface area contributed by atoms with Crippen molar-refractivity contribution in [3.63, 3.8) is 0 Å². The van der Waals surface area contributed by atoms with Crippen molar-refractivity contribution in [2.75, 3.05) is 6.61 Å². The molecular formula is C16H25N7O7. The second kappa shape index (κ2) is 11.5. The summed E-state index contributed by atoms with van der Waals surface area (Å²) >= 11 is 0. The van der Waals surface area contributed by atoms with Gasteiger partial charge >= 0.3 is 5.97 Å². The number of rotatable bonds is 12. The number of aromatic nitrogens is 2. The molecule has 1 aromatic rings. The minimum atomic E-state index is -1.64. The molecule has 0 saturated carbocycles. The van der Waals surface area contributed by atoms with E-state index < -0.39 is 66.8 Å². The molecule has 4 amide bonds. The maximum absolute atomic E-state index is 12.3. The standard InChI is InChI=1S/C16H25N7O7/c1-7(21-14(27)9(17)2-8-4-19-6-20-8)13(26)22-10(3-12(18)25)15(28)23-11(5-24)16(29)30/h4,6-7,9-11,24H,2-3,5,17H2,1H3,(H2,18,25)(H,19,20)(H,21,27)(H,22,26)(H,23,28)(H,29,30). The number of aliphatic hydroxyl groups is 1. The van der Waals surface area contributed by atoms with Crippen LogP contribution >= 0.6 is 0 Å². The van der Waals surface area contributed by atoms with Crippen molar-refractivity contribution in [2.45, 2.75) is 43.9 Å². The lowest BCUT2D eigenvalue weighted by atomic mass is 10.1. The highest BCUT2D eigenvalue weighted by atomic mass is 16.4. The fraction of sp³-hybridized carbons (Fsp3) is 0.500. The number of hydrogen-bond donors (Lipinski definition) is 8. The van der Waals surface area contributed by atoms with Crippen LogP contribution in [0, 0.1) is 0 Å². The molecule has 0 spiro atoms. The molecule has 4 atom stereocenters. The quantitative estimate of drug-likeness (QED) is 0.161. The Hall–Kier alpha value is -3.52. The molecule has 0 aromatic carbocycles. The predicted octanol–water partition coefficient (Wildman–Crippen LogP) is -4.29. The van der Waals surface area contributed by atoms with Gasteiger partial charge in [-0.05, 0) is 6.92 Å². The number of H-pyrrole nitrogens is 1. The lowest BCUT2D eigenvalue weighted by Crippen LogP contribution is -2.57. The zero-order chi connectivity index (χ0) is 22.8. The fourth-order valence-electron chi connectivity index (χ4n) is 2.28. The number of hydrogen-bond acceptors (Lipinski definition) is 8. The van der Waals surface area contributed by atoms with E-state index in [1.165, 1.54) is 19.4 Å². The largest absolute Gasteiger partial charge is 0.480 e. The van der Waals surface area contributed by atoms with Gasteiger partial charge in [0.2, 0.25) is 23.6 Å². The normalized spacial score (nSPS) is 14.6. The van der Waals surface area contributed by atoms with Crippen LogP contribution in [0.2, 0.25) is 0 Å². The van der Waals surface area contributed by atoms with Gasteiger partial charge < -0.3 is 42.6 Å². The number of aromatic amines is 1. The minimum absolute atomic E-state index is 0.143. The van der Waals surface area contributed by atoms with Gasteiger partial charge in [0.25, 0.3) is 0 Å². The summed E-state index contributed by atoms with van der Waals surface area (Å²) in [5.41, 5.74) is 11.5. The minimum Gasteiger partial charge on any atom is -0.480 e. The van der Waals surface area contributed by atoms with Gasteiger partial charge in [0.05, 0.1) is 25.4 Å². The molecule has 1 heterocycles. The Morgan fingerprint density at radius 3 is 2.23 bits per heavy atom. The topological polar surface area (TPSA) is 243 Å². The number of aliphatic hydroxyl groups excluding tert-OH is 1. The summed E-state index contributed by atoms with van der Waals surface area (Å²) in [6.45, 7) is 0.419. The van der Waals surface area contributed by atoms with Gasteiger partial charge in [-0.25, -0.2) is 9.78 Å². The van der Waals surface area contributed by atoms with Crippen LogP contribution in [0.3, 0.4) is 0 Å². The third-order valence-electron chi connectivity index (χ3n) is 3.92. The summed E-state index contributed by atoms with van der Waals surface area (Å²) in [5, 5.41) is 24.4. The Bertz CT molecular complexity index is 768. The van der Waals surface area contributed by atoms with E-state index in [4.69, 9.17) is 21.7 Å². The van der Waals surface area contributed by atoms with Crippen LogP contribution in [0.25, 0.3) is 0 Å². The summed E-state index contributed by atoms with van der Waals surface area (Å²) < 4.78 is 0. The lowest BCUT2D eigenvalue weighted by molar-refractivity contribution is -0.143. The van der Waals surface area contributed by atoms with Gasteiger partial charge in [-0.3, -0.25) is 19.2 Å². The van der Waals surface area contributed by atoms with Gasteiger partial charge in [0.1, 0.15) is 18.1 Å². The highest BCUT2D eigenvalue weighted by Crippen LogP contribution is 1.99. The number of nitrogens with two attached hydrogens (primary N) is 2. The van der Waals surface area contributed by atoms with Crippen molar-refractivity contribution < 1.29 is 34.2 Å². The Morgan fingerprint density at radius 2 is 1.73 bits per heavy atom. The number of aliphatic carboxylic acids is 1. The number of imidazole rings is 1. The van der Waals surface area contributed by atoms with E-state index >= 15 is 0 Å². The fourth-order valence-corrected chi connectivity index (χ4v) is 2.28. The van der Waals surface area contributed by atoms with Gasteiger partial charge in [-0.2, -0.15) is 0 Å². The van der Waals surface area contributed by atoms with Gasteiger partial charge in [0, 0.05) is 18.3 Å². The lowest BCUT2D eigenvalue weighted by Gasteiger charge is -2.22. The number of nitrogens with one attached hydrogen (secondary N) is 4. The van der Waals surface area contributed by atoms with Crippen LogP contribution in [0.1, 0.15) is 19.0 Å². The van der Waals surface area contributed by atoms with Gasteiger partial charge in [-0.15, -0.1) is 0 Å². The van der Waals surface area contributed by atoms with Crippen LogP contribution in [-0.4, -0.2) is 80.6 Å². The first-order valence-electron chi connectivity index (χ1n) is 8.81. The number of nitrogens with zero attached hydrogens (tertiary/aromatic N) is 1. The maximum Gasteiger partial charge on any atom is 0.328 e. The number of carbonyl (C=O) groups is 5. The average Bonchev–Trinajstić information content (AvgIpc) is 3.17. The number of carbonyl (C=O) groups excluding carboxylic acids is 4. The van der Waals surface area contributed by atoms with Gasteiger partial charge in [-0.1, -0.05) is 0 Å². The second-order valence-corrected chi connectivity index (χ2v) is 6.43. The summed E-state index contributed by atoms with van der Waals surface area (Å²) in [4.78, 5) is 65.4. The molecule has 0 aliphatic carbocycles. The molecule has 4 unspecified atom stereocenters. The van der Waals surface area contributed by atoms with E-state index in [2.05, 4.69) is 20.6 Å². The third kappa shape index (κ3) is 7.84. The summed E-state index contributed by atoms with van der Waals surface area (Å²) in [6, 6.07) is -5.27. The van der Waals surface area contributed by atoms with Crippen molar-refractivity contribution in [1.82, 2.24) is 25.9 Å². The molecule has 10 N–H and O–H groups in total.